The van der Waals surface area contributed by atoms with Crippen molar-refractivity contribution >= 4 is 17.6 Å². The number of benzene rings is 1. The maximum Gasteiger partial charge on any atom is 0.337 e. The Morgan fingerprint density at radius 2 is 2.22 bits per heavy atom. The molecule has 98 valence electrons. The van der Waals surface area contributed by atoms with Gasteiger partial charge in [-0.25, -0.2) is 4.79 Å². The zero-order valence-corrected chi connectivity index (χ0v) is 10.6. The van der Waals surface area contributed by atoms with Gasteiger partial charge in [0.05, 0.1) is 6.61 Å². The van der Waals surface area contributed by atoms with Gasteiger partial charge in [-0.05, 0) is 37.0 Å². The normalized spacial score (nSPS) is 17.0. The standard InChI is InChI=1S/C13H15ClO4/c14-9-4-5-11(18-7-8-2-1-3-8)10(6-9)12(15)13(16)17/h4-6,8,12,15H,1-3,7H2,(H,16,17). The van der Waals surface area contributed by atoms with E-state index in [4.69, 9.17) is 21.4 Å². The van der Waals surface area contributed by atoms with Crippen LogP contribution >= 0.6 is 11.6 Å². The largest absolute Gasteiger partial charge is 0.493 e. The average molecular weight is 271 g/mol. The lowest BCUT2D eigenvalue weighted by molar-refractivity contribution is -0.147. The number of carbonyl (C=O) groups is 1. The van der Waals surface area contributed by atoms with Gasteiger partial charge in [-0.1, -0.05) is 18.0 Å². The third-order valence-corrected chi connectivity index (χ3v) is 3.43. The van der Waals surface area contributed by atoms with Gasteiger partial charge >= 0.3 is 5.97 Å². The molecule has 0 amide bonds. The second-order valence-corrected chi connectivity index (χ2v) is 4.97. The molecule has 1 unspecified atom stereocenters. The van der Waals surface area contributed by atoms with Crippen molar-refractivity contribution in [1.29, 1.82) is 0 Å². The monoisotopic (exact) mass is 270 g/mol. The van der Waals surface area contributed by atoms with E-state index in [1.54, 1.807) is 12.1 Å². The van der Waals surface area contributed by atoms with Crippen LogP contribution in [0, 0.1) is 5.92 Å². The first-order chi connectivity index (χ1) is 8.58. The van der Waals surface area contributed by atoms with Crippen LogP contribution in [0.15, 0.2) is 18.2 Å². The summed E-state index contributed by atoms with van der Waals surface area (Å²) in [7, 11) is 0. The van der Waals surface area contributed by atoms with Crippen LogP contribution in [0.2, 0.25) is 5.02 Å². The summed E-state index contributed by atoms with van der Waals surface area (Å²) in [4.78, 5) is 10.8. The zero-order chi connectivity index (χ0) is 13.1. The van der Waals surface area contributed by atoms with Gasteiger partial charge in [0, 0.05) is 10.6 Å². The molecule has 1 atom stereocenters. The number of rotatable bonds is 5. The Morgan fingerprint density at radius 3 is 2.78 bits per heavy atom. The van der Waals surface area contributed by atoms with Crippen molar-refractivity contribution in [2.45, 2.75) is 25.4 Å². The van der Waals surface area contributed by atoms with Crippen LogP contribution < -0.4 is 4.74 Å². The van der Waals surface area contributed by atoms with Crippen molar-refractivity contribution in [3.63, 3.8) is 0 Å². The third kappa shape index (κ3) is 2.94. The molecule has 1 aromatic rings. The maximum absolute atomic E-state index is 10.8. The van der Waals surface area contributed by atoms with E-state index < -0.39 is 12.1 Å². The van der Waals surface area contributed by atoms with Gasteiger partial charge in [0.1, 0.15) is 5.75 Å². The highest BCUT2D eigenvalue weighted by atomic mass is 35.5. The van der Waals surface area contributed by atoms with Crippen LogP contribution in [0.5, 0.6) is 5.75 Å². The van der Waals surface area contributed by atoms with Crippen LogP contribution in [-0.4, -0.2) is 22.8 Å². The predicted octanol–water partition coefficient (Wildman–Crippen LogP) is 2.64. The molecule has 0 radical (unpaired) electrons. The molecule has 5 heteroatoms. The number of halogens is 1. The van der Waals surface area contributed by atoms with E-state index in [0.29, 0.717) is 23.3 Å². The molecule has 0 saturated heterocycles. The molecule has 1 aliphatic rings. The number of aliphatic hydroxyl groups is 1. The number of ether oxygens (including phenoxy) is 1. The van der Waals surface area contributed by atoms with E-state index in [-0.39, 0.29) is 5.56 Å². The van der Waals surface area contributed by atoms with Crippen LogP contribution in [0.1, 0.15) is 30.9 Å². The third-order valence-electron chi connectivity index (χ3n) is 3.20. The van der Waals surface area contributed by atoms with Gasteiger partial charge in [0.15, 0.2) is 6.10 Å². The summed E-state index contributed by atoms with van der Waals surface area (Å²) in [5.41, 5.74) is 0.203. The van der Waals surface area contributed by atoms with Crippen molar-refractivity contribution in [1.82, 2.24) is 0 Å². The molecule has 1 aliphatic carbocycles. The molecule has 0 heterocycles. The molecule has 4 nitrogen and oxygen atoms in total. The second-order valence-electron chi connectivity index (χ2n) is 4.53. The molecule has 0 bridgehead atoms. The van der Waals surface area contributed by atoms with Gasteiger partial charge in [-0.15, -0.1) is 0 Å². The van der Waals surface area contributed by atoms with Crippen LogP contribution in [0.25, 0.3) is 0 Å². The molecule has 0 spiro atoms. The molecule has 2 rings (SSSR count). The first kappa shape index (κ1) is 13.2. The molecule has 1 fully saturated rings. The van der Waals surface area contributed by atoms with Crippen LogP contribution in [0.3, 0.4) is 0 Å². The number of hydrogen-bond acceptors (Lipinski definition) is 3. The van der Waals surface area contributed by atoms with Crippen molar-refractivity contribution in [2.24, 2.45) is 5.92 Å². The maximum atomic E-state index is 10.8. The van der Waals surface area contributed by atoms with E-state index in [2.05, 4.69) is 0 Å². The molecule has 0 aromatic heterocycles. The first-order valence-corrected chi connectivity index (χ1v) is 6.29. The molecular weight excluding hydrogens is 256 g/mol. The fraction of sp³-hybridized carbons (Fsp3) is 0.462. The fourth-order valence-corrected chi connectivity index (χ4v) is 2.05. The molecular formula is C13H15ClO4. The summed E-state index contributed by atoms with van der Waals surface area (Å²) in [6, 6.07) is 4.65. The van der Waals surface area contributed by atoms with Gasteiger partial charge in [-0.3, -0.25) is 0 Å². The van der Waals surface area contributed by atoms with Gasteiger partial charge < -0.3 is 14.9 Å². The smallest absolute Gasteiger partial charge is 0.337 e. The van der Waals surface area contributed by atoms with Crippen molar-refractivity contribution in [3.05, 3.63) is 28.8 Å². The minimum atomic E-state index is -1.61. The van der Waals surface area contributed by atoms with E-state index in [9.17, 15) is 9.90 Å². The van der Waals surface area contributed by atoms with Crippen LogP contribution in [-0.2, 0) is 4.79 Å². The Labute approximate surface area is 110 Å². The van der Waals surface area contributed by atoms with Crippen LogP contribution in [0.4, 0.5) is 0 Å². The molecule has 2 N–H and O–H groups in total. The Morgan fingerprint density at radius 1 is 1.50 bits per heavy atom. The second kappa shape index (κ2) is 5.59. The fourth-order valence-electron chi connectivity index (χ4n) is 1.86. The highest BCUT2D eigenvalue weighted by molar-refractivity contribution is 6.30. The molecule has 0 aliphatic heterocycles. The Bertz CT molecular complexity index is 443. The van der Waals surface area contributed by atoms with E-state index in [0.717, 1.165) is 12.8 Å². The lowest BCUT2D eigenvalue weighted by Gasteiger charge is -2.26. The number of carboxylic acid groups (broad SMARTS) is 1. The molecule has 1 saturated carbocycles. The summed E-state index contributed by atoms with van der Waals surface area (Å²) in [6.07, 6.45) is 1.90. The van der Waals surface area contributed by atoms with Crippen molar-refractivity contribution in [3.8, 4) is 5.75 Å². The van der Waals surface area contributed by atoms with E-state index in [1.807, 2.05) is 0 Å². The van der Waals surface area contributed by atoms with Gasteiger partial charge in [-0.2, -0.15) is 0 Å². The summed E-state index contributed by atoms with van der Waals surface area (Å²) < 4.78 is 5.59. The van der Waals surface area contributed by atoms with Gasteiger partial charge in [0.25, 0.3) is 0 Å². The van der Waals surface area contributed by atoms with E-state index >= 15 is 0 Å². The summed E-state index contributed by atoms with van der Waals surface area (Å²) >= 11 is 5.81. The Kier molecular flexibility index (Phi) is 4.09. The zero-order valence-electron chi connectivity index (χ0n) is 9.80. The van der Waals surface area contributed by atoms with Gasteiger partial charge in [0.2, 0.25) is 0 Å². The number of hydrogen-bond donors (Lipinski definition) is 2. The first-order valence-electron chi connectivity index (χ1n) is 5.91. The lowest BCUT2D eigenvalue weighted by atomic mass is 9.86. The predicted molar refractivity (Wildman–Crippen MR) is 66.9 cm³/mol. The Balaban J connectivity index is 2.13. The van der Waals surface area contributed by atoms with Crippen molar-refractivity contribution in [2.75, 3.05) is 6.61 Å². The summed E-state index contributed by atoms with van der Waals surface area (Å²) in [5, 5.41) is 18.8. The molecule has 18 heavy (non-hydrogen) atoms. The highest BCUT2D eigenvalue weighted by Gasteiger charge is 2.23. The SMILES string of the molecule is O=C(O)C(O)c1cc(Cl)ccc1OCC1CCC1. The minimum Gasteiger partial charge on any atom is -0.493 e. The topological polar surface area (TPSA) is 66.8 Å². The molecule has 1 aromatic carbocycles. The summed E-state index contributed by atoms with van der Waals surface area (Å²) in [5.74, 6) is -0.387. The lowest BCUT2D eigenvalue weighted by Crippen LogP contribution is -2.20. The minimum absolute atomic E-state index is 0.203. The number of aliphatic hydroxyl groups excluding tert-OH is 1. The quantitative estimate of drug-likeness (QED) is 0.863. The van der Waals surface area contributed by atoms with E-state index in [1.165, 1.54) is 12.5 Å². The average Bonchev–Trinajstić information content (AvgIpc) is 2.27. The number of aliphatic carboxylic acids is 1. The highest BCUT2D eigenvalue weighted by Crippen LogP contribution is 2.31. The summed E-state index contributed by atoms with van der Waals surface area (Å²) in [6.45, 7) is 0.557. The van der Waals surface area contributed by atoms with Crippen molar-refractivity contribution < 1.29 is 19.7 Å². The number of carboxylic acids is 1. The Hall–Kier alpha value is -1.26.